The van der Waals surface area contributed by atoms with Gasteiger partial charge in [0.15, 0.2) is 0 Å². The van der Waals surface area contributed by atoms with Crippen molar-refractivity contribution in [2.24, 2.45) is 0 Å². The molecule has 0 aromatic heterocycles. The quantitative estimate of drug-likeness (QED) is 0.740. The molecule has 4 nitrogen and oxygen atoms in total. The maximum absolute atomic E-state index is 11.8. The average Bonchev–Trinajstić information content (AvgIpc) is 2.41. The number of unbranched alkanes of at least 4 members (excludes halogenated alkanes) is 2. The fraction of sp³-hybridized carbons (Fsp3) is 0.600. The first-order chi connectivity index (χ1) is 9.83. The van der Waals surface area contributed by atoms with Crippen LogP contribution in [-0.4, -0.2) is 31.3 Å². The zero-order valence-electron chi connectivity index (χ0n) is 13.0. The monoisotopic (exact) mass is 334 g/mol. The number of aromatic hydroxyl groups is 1. The molecule has 6 heteroatoms. The Labute approximate surface area is 130 Å². The Hall–Kier alpha value is -0.720. The van der Waals surface area contributed by atoms with Gasteiger partial charge in [0.05, 0.1) is 6.26 Å². The normalized spacial score (nSPS) is 13.3. The lowest BCUT2D eigenvalue weighted by Gasteiger charge is -2.38. The molecule has 0 aliphatic carbocycles. The van der Waals surface area contributed by atoms with Gasteiger partial charge in [-0.3, -0.25) is 0 Å². The molecule has 0 saturated carbocycles. The second-order valence-electron chi connectivity index (χ2n) is 5.19. The van der Waals surface area contributed by atoms with Crippen LogP contribution in [0.25, 0.3) is 0 Å². The molecule has 0 unspecified atom stereocenters. The van der Waals surface area contributed by atoms with E-state index in [1.165, 1.54) is 0 Å². The van der Waals surface area contributed by atoms with Gasteiger partial charge in [-0.2, -0.15) is 8.42 Å². The van der Waals surface area contributed by atoms with Crippen LogP contribution in [0.15, 0.2) is 29.2 Å². The van der Waals surface area contributed by atoms with Crippen LogP contribution in [-0.2, 0) is 13.7 Å². The molecule has 0 amide bonds. The minimum absolute atomic E-state index is 0.178. The van der Waals surface area contributed by atoms with E-state index in [1.807, 2.05) is 0 Å². The summed E-state index contributed by atoms with van der Waals surface area (Å²) in [4.78, 5) is 0.896. The summed E-state index contributed by atoms with van der Waals surface area (Å²) >= 11 is 0. The second-order valence-corrected chi connectivity index (χ2v) is 10.1. The number of phenols is 1. The zero-order chi connectivity index (χ0) is 15.9. The highest BCUT2D eigenvalue weighted by atomic mass is 32.3. The van der Waals surface area contributed by atoms with Gasteiger partial charge in [0.1, 0.15) is 5.75 Å². The number of rotatable bonds is 9. The van der Waals surface area contributed by atoms with Crippen molar-refractivity contribution in [1.29, 1.82) is 0 Å². The van der Waals surface area contributed by atoms with E-state index >= 15 is 0 Å². The van der Waals surface area contributed by atoms with Gasteiger partial charge in [0.2, 0.25) is 0 Å². The Kier molecular flexibility index (Phi) is 7.03. The molecule has 0 fully saturated rings. The molecule has 0 saturated heterocycles. The minimum Gasteiger partial charge on any atom is -0.508 e. The minimum atomic E-state index is -3.53. The van der Waals surface area contributed by atoms with E-state index in [0.717, 1.165) is 48.3 Å². The van der Waals surface area contributed by atoms with Gasteiger partial charge in [-0.1, -0.05) is 37.0 Å². The molecule has 0 atom stereocenters. The zero-order valence-corrected chi connectivity index (χ0v) is 14.7. The summed E-state index contributed by atoms with van der Waals surface area (Å²) in [5.41, 5.74) is 0. The molecule has 0 radical (unpaired) electrons. The van der Waals surface area contributed by atoms with Crippen molar-refractivity contribution in [2.45, 2.75) is 44.4 Å². The summed E-state index contributed by atoms with van der Waals surface area (Å²) in [5.74, 6) is 1.65. The largest absolute Gasteiger partial charge is 0.508 e. The van der Waals surface area contributed by atoms with Crippen LogP contribution in [0.2, 0.25) is 0 Å². The summed E-state index contributed by atoms with van der Waals surface area (Å²) in [6, 6.07) is 6.78. The lowest BCUT2D eigenvalue weighted by Crippen LogP contribution is -2.18. The van der Waals surface area contributed by atoms with Crippen molar-refractivity contribution in [2.75, 3.05) is 17.8 Å². The van der Waals surface area contributed by atoms with Gasteiger partial charge < -0.3 is 5.11 Å². The molecule has 0 aliphatic rings. The summed E-state index contributed by atoms with van der Waals surface area (Å²) in [6.07, 6.45) is 4.95. The standard InChI is InChI=1S/C15H26O4S2/c1-4-6-12-21(13-7-5-2,19-20(3,17)18)15-10-8-14(16)9-11-15/h8-11,16H,4-7,12-13H2,1-3H3. The van der Waals surface area contributed by atoms with E-state index < -0.39 is 20.4 Å². The summed E-state index contributed by atoms with van der Waals surface area (Å²) in [6.45, 7) is 4.17. The SMILES string of the molecule is CCCCS(CCCC)(OS(C)(=O)=O)c1ccc(O)cc1. The summed E-state index contributed by atoms with van der Waals surface area (Å²) in [5, 5.41) is 9.46. The molecule has 1 aromatic carbocycles. The molecular weight excluding hydrogens is 308 g/mol. The van der Waals surface area contributed by atoms with Crippen molar-refractivity contribution >= 4 is 20.4 Å². The van der Waals surface area contributed by atoms with E-state index in [2.05, 4.69) is 13.8 Å². The average molecular weight is 335 g/mol. The highest BCUT2D eigenvalue weighted by Gasteiger charge is 2.30. The van der Waals surface area contributed by atoms with E-state index in [4.69, 9.17) is 3.63 Å². The maximum atomic E-state index is 11.8. The van der Waals surface area contributed by atoms with Crippen LogP contribution in [0.3, 0.4) is 0 Å². The van der Waals surface area contributed by atoms with Crippen molar-refractivity contribution in [3.63, 3.8) is 0 Å². The maximum Gasteiger partial charge on any atom is 0.273 e. The van der Waals surface area contributed by atoms with Gasteiger partial charge in [-0.25, -0.2) is 3.63 Å². The molecule has 21 heavy (non-hydrogen) atoms. The first-order valence-corrected chi connectivity index (χ1v) is 11.0. The van der Waals surface area contributed by atoms with Gasteiger partial charge in [0, 0.05) is 16.4 Å². The highest BCUT2D eigenvalue weighted by Crippen LogP contribution is 2.59. The lowest BCUT2D eigenvalue weighted by molar-refractivity contribution is 0.474. The Morgan fingerprint density at radius 2 is 1.48 bits per heavy atom. The van der Waals surface area contributed by atoms with E-state index in [1.54, 1.807) is 24.3 Å². The predicted molar refractivity (Wildman–Crippen MR) is 89.4 cm³/mol. The van der Waals surface area contributed by atoms with Gasteiger partial charge in [-0.05, 0) is 37.1 Å². The molecule has 1 rings (SSSR count). The Morgan fingerprint density at radius 1 is 1.00 bits per heavy atom. The fourth-order valence-corrected chi connectivity index (χ4v) is 7.70. The number of phenolic OH excluding ortho intramolecular Hbond substituents is 1. The third kappa shape index (κ3) is 5.88. The van der Waals surface area contributed by atoms with Crippen molar-refractivity contribution in [3.8, 4) is 5.75 Å². The molecule has 0 bridgehead atoms. The lowest BCUT2D eigenvalue weighted by atomic mass is 10.3. The first kappa shape index (κ1) is 18.3. The third-order valence-electron chi connectivity index (χ3n) is 3.18. The molecule has 0 heterocycles. The predicted octanol–water partition coefficient (Wildman–Crippen LogP) is 4.05. The van der Waals surface area contributed by atoms with Crippen LogP contribution in [0.1, 0.15) is 39.5 Å². The van der Waals surface area contributed by atoms with Gasteiger partial charge in [-0.15, -0.1) is 0 Å². The van der Waals surface area contributed by atoms with Crippen LogP contribution >= 0.6 is 10.3 Å². The third-order valence-corrected chi connectivity index (χ3v) is 8.23. The Morgan fingerprint density at radius 3 is 1.86 bits per heavy atom. The molecule has 122 valence electrons. The smallest absolute Gasteiger partial charge is 0.273 e. The van der Waals surface area contributed by atoms with Gasteiger partial charge >= 0.3 is 0 Å². The van der Waals surface area contributed by atoms with Crippen molar-refractivity contribution in [3.05, 3.63) is 24.3 Å². The number of benzene rings is 1. The van der Waals surface area contributed by atoms with Gasteiger partial charge in [0.25, 0.3) is 10.1 Å². The van der Waals surface area contributed by atoms with Crippen molar-refractivity contribution < 1.29 is 17.2 Å². The Bertz CT molecular complexity index is 515. The summed E-state index contributed by atoms with van der Waals surface area (Å²) in [7, 11) is -5.40. The van der Waals surface area contributed by atoms with Crippen LogP contribution in [0.5, 0.6) is 5.75 Å². The number of hydrogen-bond acceptors (Lipinski definition) is 4. The second kappa shape index (κ2) is 8.06. The van der Waals surface area contributed by atoms with E-state index in [-0.39, 0.29) is 5.75 Å². The van der Waals surface area contributed by atoms with Crippen molar-refractivity contribution in [1.82, 2.24) is 0 Å². The molecular formula is C15H26O4S2. The topological polar surface area (TPSA) is 63.6 Å². The van der Waals surface area contributed by atoms with Crippen LogP contribution in [0.4, 0.5) is 0 Å². The number of hydrogen-bond donors (Lipinski definition) is 1. The Balaban J connectivity index is 3.22. The molecule has 1 aromatic rings. The molecule has 1 N–H and O–H groups in total. The van der Waals surface area contributed by atoms with Crippen LogP contribution < -0.4 is 0 Å². The molecule has 0 spiro atoms. The molecule has 0 aliphatic heterocycles. The van der Waals surface area contributed by atoms with E-state index in [9.17, 15) is 13.5 Å². The summed E-state index contributed by atoms with van der Waals surface area (Å²) < 4.78 is 29.2. The first-order valence-electron chi connectivity index (χ1n) is 7.32. The highest BCUT2D eigenvalue weighted by molar-refractivity contribution is 8.33. The van der Waals surface area contributed by atoms with E-state index in [0.29, 0.717) is 0 Å². The fourth-order valence-electron chi connectivity index (χ4n) is 2.13. The van der Waals surface area contributed by atoms with Crippen LogP contribution in [0, 0.1) is 0 Å².